The van der Waals surface area contributed by atoms with Crippen LogP contribution in [0.15, 0.2) is 58.1 Å². The molecule has 8 nitrogen and oxygen atoms in total. The van der Waals surface area contributed by atoms with Crippen LogP contribution >= 0.6 is 0 Å². The molecule has 0 saturated heterocycles. The van der Waals surface area contributed by atoms with E-state index < -0.39 is 0 Å². The van der Waals surface area contributed by atoms with Crippen LogP contribution in [0.2, 0.25) is 0 Å². The number of aromatic nitrogens is 1. The molecule has 0 fully saturated rings. The van der Waals surface area contributed by atoms with E-state index in [-0.39, 0.29) is 17.5 Å². The molecule has 0 saturated carbocycles. The molecule has 8 heteroatoms. The lowest BCUT2D eigenvalue weighted by Gasteiger charge is -2.23. The van der Waals surface area contributed by atoms with Crippen LogP contribution in [0.3, 0.4) is 0 Å². The van der Waals surface area contributed by atoms with Gasteiger partial charge in [-0.15, -0.1) is 0 Å². The van der Waals surface area contributed by atoms with E-state index in [1.54, 1.807) is 29.2 Å². The number of benzene rings is 2. The quantitative estimate of drug-likeness (QED) is 0.445. The van der Waals surface area contributed by atoms with Crippen molar-refractivity contribution in [1.82, 2.24) is 4.98 Å². The molecule has 0 aliphatic carbocycles. The fourth-order valence-corrected chi connectivity index (χ4v) is 3.81. The van der Waals surface area contributed by atoms with Gasteiger partial charge in [-0.1, -0.05) is 31.1 Å². The Morgan fingerprint density at radius 1 is 1.15 bits per heavy atom. The maximum absolute atomic E-state index is 13.4. The summed E-state index contributed by atoms with van der Waals surface area (Å²) in [5, 5.41) is 6.50. The Bertz CT molecular complexity index is 1200. The third-order valence-electron chi connectivity index (χ3n) is 5.49. The molecule has 2 heterocycles. The minimum Gasteiger partial charge on any atom is -0.440 e. The van der Waals surface area contributed by atoms with Crippen LogP contribution in [-0.4, -0.2) is 36.2 Å². The van der Waals surface area contributed by atoms with Gasteiger partial charge in [-0.25, -0.2) is 4.98 Å². The second-order valence-corrected chi connectivity index (χ2v) is 7.57. The Labute approximate surface area is 192 Å². The van der Waals surface area contributed by atoms with Crippen LogP contribution in [0.5, 0.6) is 0 Å². The summed E-state index contributed by atoms with van der Waals surface area (Å²) in [5.74, 6) is 0.970. The SMILES string of the molecule is CC/C(=N\OC)C(=O)Nc1ccc(C(=O)N2CCc3nc(CC)oc3-c3ccccc32)cc1. The summed E-state index contributed by atoms with van der Waals surface area (Å²) in [6, 6.07) is 14.5. The maximum Gasteiger partial charge on any atom is 0.273 e. The molecule has 0 unspecified atom stereocenters. The fraction of sp³-hybridized carbons (Fsp3) is 0.280. The summed E-state index contributed by atoms with van der Waals surface area (Å²) in [7, 11) is 1.40. The van der Waals surface area contributed by atoms with Gasteiger partial charge >= 0.3 is 0 Å². The van der Waals surface area contributed by atoms with Crippen molar-refractivity contribution >= 4 is 28.9 Å². The summed E-state index contributed by atoms with van der Waals surface area (Å²) in [6.45, 7) is 4.32. The van der Waals surface area contributed by atoms with Gasteiger partial charge in [0.15, 0.2) is 11.7 Å². The highest BCUT2D eigenvalue weighted by Gasteiger charge is 2.28. The second kappa shape index (κ2) is 9.68. The first-order valence-corrected chi connectivity index (χ1v) is 11.0. The maximum atomic E-state index is 13.4. The molecule has 33 heavy (non-hydrogen) atoms. The topological polar surface area (TPSA) is 97.0 Å². The summed E-state index contributed by atoms with van der Waals surface area (Å²) in [6.07, 6.45) is 1.76. The van der Waals surface area contributed by atoms with E-state index in [0.29, 0.717) is 36.5 Å². The highest BCUT2D eigenvalue weighted by Crippen LogP contribution is 2.37. The lowest BCUT2D eigenvalue weighted by atomic mass is 10.1. The molecule has 0 radical (unpaired) electrons. The number of oxime groups is 1. The van der Waals surface area contributed by atoms with Crippen LogP contribution in [0.4, 0.5) is 11.4 Å². The molecule has 0 spiro atoms. The van der Waals surface area contributed by atoms with Gasteiger partial charge in [0.2, 0.25) is 0 Å². The van der Waals surface area contributed by atoms with Crippen LogP contribution < -0.4 is 10.2 Å². The number of nitrogens with zero attached hydrogens (tertiary/aromatic N) is 3. The molecule has 1 N–H and O–H groups in total. The Morgan fingerprint density at radius 3 is 2.61 bits per heavy atom. The predicted molar refractivity (Wildman–Crippen MR) is 127 cm³/mol. The molecule has 2 amide bonds. The number of nitrogens with one attached hydrogen (secondary N) is 1. The first-order chi connectivity index (χ1) is 16.0. The molecular formula is C25H26N4O4. The zero-order valence-corrected chi connectivity index (χ0v) is 18.9. The number of fused-ring (bicyclic) bond motifs is 3. The van der Waals surface area contributed by atoms with E-state index in [1.807, 2.05) is 38.1 Å². The smallest absolute Gasteiger partial charge is 0.273 e. The summed E-state index contributed by atoms with van der Waals surface area (Å²) < 4.78 is 5.99. The van der Waals surface area contributed by atoms with Crippen LogP contribution in [0.25, 0.3) is 11.3 Å². The van der Waals surface area contributed by atoms with Crippen molar-refractivity contribution in [3.63, 3.8) is 0 Å². The van der Waals surface area contributed by atoms with Gasteiger partial charge in [-0.05, 0) is 42.8 Å². The molecule has 170 valence electrons. The highest BCUT2D eigenvalue weighted by molar-refractivity contribution is 6.42. The molecule has 1 aliphatic heterocycles. The number of carbonyl (C=O) groups excluding carboxylic acids is 2. The minimum absolute atomic E-state index is 0.128. The summed E-state index contributed by atoms with van der Waals surface area (Å²) in [5.41, 5.74) is 3.90. The number of amides is 2. The first-order valence-electron chi connectivity index (χ1n) is 11.0. The van der Waals surface area contributed by atoms with E-state index in [1.165, 1.54) is 7.11 Å². The molecule has 3 aromatic rings. The van der Waals surface area contributed by atoms with Crippen LogP contribution in [0.1, 0.15) is 42.2 Å². The predicted octanol–water partition coefficient (Wildman–Crippen LogP) is 4.46. The Kier molecular flexibility index (Phi) is 6.53. The lowest BCUT2D eigenvalue weighted by molar-refractivity contribution is -0.110. The number of rotatable bonds is 6. The standard InChI is InChI=1S/C25H26N4O4/c1-4-19(28-32-3)24(30)26-17-12-10-16(11-13-17)25(31)29-15-14-20-23(33-22(5-2)27-20)18-8-6-7-9-21(18)29/h6-13H,4-5,14-15H2,1-3H3,(H,26,30)/b28-19+. The van der Waals surface area contributed by atoms with E-state index in [9.17, 15) is 9.59 Å². The van der Waals surface area contributed by atoms with Crippen molar-refractivity contribution in [2.24, 2.45) is 5.16 Å². The van der Waals surface area contributed by atoms with Gasteiger partial charge in [0.05, 0.1) is 11.4 Å². The highest BCUT2D eigenvalue weighted by atomic mass is 16.6. The molecular weight excluding hydrogens is 420 g/mol. The lowest BCUT2D eigenvalue weighted by Crippen LogP contribution is -2.32. The molecule has 0 atom stereocenters. The van der Waals surface area contributed by atoms with Crippen molar-refractivity contribution in [3.05, 3.63) is 65.7 Å². The summed E-state index contributed by atoms with van der Waals surface area (Å²) in [4.78, 5) is 36.8. The van der Waals surface area contributed by atoms with E-state index >= 15 is 0 Å². The average molecular weight is 447 g/mol. The third-order valence-corrected chi connectivity index (χ3v) is 5.49. The third kappa shape index (κ3) is 4.50. The van der Waals surface area contributed by atoms with Gasteiger partial charge in [-0.2, -0.15) is 0 Å². The van der Waals surface area contributed by atoms with E-state index in [4.69, 9.17) is 9.25 Å². The number of aryl methyl sites for hydroxylation is 1. The zero-order valence-electron chi connectivity index (χ0n) is 18.9. The number of hydrogen-bond acceptors (Lipinski definition) is 6. The van der Waals surface area contributed by atoms with Crippen molar-refractivity contribution in [2.45, 2.75) is 33.1 Å². The number of hydrogen-bond donors (Lipinski definition) is 1. The number of anilines is 2. The van der Waals surface area contributed by atoms with Crippen molar-refractivity contribution in [1.29, 1.82) is 0 Å². The molecule has 2 aromatic carbocycles. The van der Waals surface area contributed by atoms with Gasteiger partial charge in [0, 0.05) is 36.2 Å². The van der Waals surface area contributed by atoms with Crippen molar-refractivity contribution < 1.29 is 18.8 Å². The minimum atomic E-state index is -0.340. The first kappa shape index (κ1) is 22.3. The van der Waals surface area contributed by atoms with E-state index in [0.717, 1.165) is 29.1 Å². The van der Waals surface area contributed by atoms with Gasteiger partial charge in [-0.3, -0.25) is 9.59 Å². The largest absolute Gasteiger partial charge is 0.440 e. The Balaban J connectivity index is 1.57. The number of oxazole rings is 1. The van der Waals surface area contributed by atoms with E-state index in [2.05, 4.69) is 15.5 Å². The Hall–Kier alpha value is -3.94. The van der Waals surface area contributed by atoms with Gasteiger partial charge in [0.1, 0.15) is 12.8 Å². The molecule has 4 rings (SSSR count). The normalized spacial score (nSPS) is 13.1. The van der Waals surface area contributed by atoms with Crippen molar-refractivity contribution in [3.8, 4) is 11.3 Å². The molecule has 1 aliphatic rings. The average Bonchev–Trinajstić information content (AvgIpc) is 3.20. The van der Waals surface area contributed by atoms with Crippen molar-refractivity contribution in [2.75, 3.05) is 23.9 Å². The second-order valence-electron chi connectivity index (χ2n) is 7.57. The van der Waals surface area contributed by atoms with Crippen LogP contribution in [0, 0.1) is 0 Å². The zero-order chi connectivity index (χ0) is 23.4. The number of carbonyl (C=O) groups is 2. The monoisotopic (exact) mass is 446 g/mol. The Morgan fingerprint density at radius 2 is 1.91 bits per heavy atom. The van der Waals surface area contributed by atoms with Crippen LogP contribution in [-0.2, 0) is 22.5 Å². The number of para-hydroxylation sites is 1. The van der Waals surface area contributed by atoms with Gasteiger partial charge in [0.25, 0.3) is 11.8 Å². The summed E-state index contributed by atoms with van der Waals surface area (Å²) >= 11 is 0. The van der Waals surface area contributed by atoms with Gasteiger partial charge < -0.3 is 19.5 Å². The fourth-order valence-electron chi connectivity index (χ4n) is 3.81. The molecule has 1 aromatic heterocycles. The molecule has 0 bridgehead atoms.